The van der Waals surface area contributed by atoms with Gasteiger partial charge in [-0.05, 0) is 54.8 Å². The van der Waals surface area contributed by atoms with E-state index < -0.39 is 5.91 Å². The Kier molecular flexibility index (Phi) is 6.07. The summed E-state index contributed by atoms with van der Waals surface area (Å²) in [6, 6.07) is 19.0. The number of carbonyl (C=O) groups is 2. The number of nitrogens with two attached hydrogens (primary N) is 1. The smallest absolute Gasteiger partial charge is 0.248 e. The molecular formula is C25H24FN3O2. The van der Waals surface area contributed by atoms with E-state index in [1.54, 1.807) is 30.3 Å². The van der Waals surface area contributed by atoms with E-state index in [4.69, 9.17) is 10.7 Å². The van der Waals surface area contributed by atoms with Gasteiger partial charge in [0.25, 0.3) is 0 Å². The van der Waals surface area contributed by atoms with Gasteiger partial charge in [0.2, 0.25) is 11.8 Å². The molecule has 5 nitrogen and oxygen atoms in total. The first-order valence-electron chi connectivity index (χ1n) is 10.4. The Bertz CT molecular complexity index is 1100. The minimum absolute atomic E-state index is 0.0432. The number of primary amides is 1. The summed E-state index contributed by atoms with van der Waals surface area (Å²) in [5.74, 6) is -0.589. The standard InChI is InChI=1S/C25H24FN3O2/c26-21-11-9-17(10-12-21)14-24(30)29-13-3-6-20(16-29)23-8-2-7-22(28-23)18-4-1-5-19(15-18)25(27)31/h1-2,4-5,7-12,15,20H,3,6,13-14,16H2,(H2,27,31)/t20-/m0/s1. The molecule has 0 unspecified atom stereocenters. The van der Waals surface area contributed by atoms with Gasteiger partial charge in [0.1, 0.15) is 5.82 Å². The zero-order chi connectivity index (χ0) is 21.8. The molecule has 0 saturated carbocycles. The molecule has 1 aliphatic heterocycles. The molecule has 1 aliphatic rings. The SMILES string of the molecule is NC(=O)c1cccc(-c2cccc([C@H]3CCCN(C(=O)Cc4ccc(F)cc4)C3)n2)c1. The van der Waals surface area contributed by atoms with Gasteiger partial charge in [-0.1, -0.05) is 30.3 Å². The molecule has 31 heavy (non-hydrogen) atoms. The second-order valence-electron chi connectivity index (χ2n) is 7.87. The Hall–Kier alpha value is -3.54. The third-order valence-corrected chi connectivity index (χ3v) is 5.67. The number of benzene rings is 2. The molecule has 158 valence electrons. The molecule has 1 aromatic heterocycles. The summed E-state index contributed by atoms with van der Waals surface area (Å²) in [5, 5.41) is 0. The van der Waals surface area contributed by atoms with Crippen LogP contribution in [-0.2, 0) is 11.2 Å². The summed E-state index contributed by atoms with van der Waals surface area (Å²) < 4.78 is 13.1. The molecule has 2 heterocycles. The maximum absolute atomic E-state index is 13.1. The fourth-order valence-electron chi connectivity index (χ4n) is 4.01. The molecule has 1 saturated heterocycles. The van der Waals surface area contributed by atoms with Gasteiger partial charge < -0.3 is 10.6 Å². The Morgan fingerprint density at radius 2 is 1.84 bits per heavy atom. The van der Waals surface area contributed by atoms with Crippen LogP contribution >= 0.6 is 0 Å². The number of carbonyl (C=O) groups excluding carboxylic acids is 2. The van der Waals surface area contributed by atoms with Crippen molar-refractivity contribution in [3.8, 4) is 11.3 Å². The lowest BCUT2D eigenvalue weighted by Crippen LogP contribution is -2.40. The van der Waals surface area contributed by atoms with E-state index in [0.717, 1.165) is 41.9 Å². The van der Waals surface area contributed by atoms with E-state index in [-0.39, 0.29) is 24.1 Å². The Morgan fingerprint density at radius 1 is 1.06 bits per heavy atom. The second-order valence-corrected chi connectivity index (χ2v) is 7.87. The van der Waals surface area contributed by atoms with Gasteiger partial charge >= 0.3 is 0 Å². The van der Waals surface area contributed by atoms with Crippen molar-refractivity contribution >= 4 is 11.8 Å². The summed E-state index contributed by atoms with van der Waals surface area (Å²) in [6.07, 6.45) is 2.13. The lowest BCUT2D eigenvalue weighted by Gasteiger charge is -2.32. The van der Waals surface area contributed by atoms with Crippen LogP contribution in [0.2, 0.25) is 0 Å². The summed E-state index contributed by atoms with van der Waals surface area (Å²) >= 11 is 0. The molecule has 0 aliphatic carbocycles. The van der Waals surface area contributed by atoms with Crippen LogP contribution in [0.1, 0.15) is 40.4 Å². The van der Waals surface area contributed by atoms with Gasteiger partial charge in [0, 0.05) is 35.8 Å². The average molecular weight is 417 g/mol. The molecule has 3 aromatic rings. The van der Waals surface area contributed by atoms with Crippen LogP contribution in [0.25, 0.3) is 11.3 Å². The van der Waals surface area contributed by atoms with Crippen LogP contribution in [-0.4, -0.2) is 34.8 Å². The number of hydrogen-bond donors (Lipinski definition) is 1. The van der Waals surface area contributed by atoms with Gasteiger partial charge in [0.15, 0.2) is 0 Å². The maximum Gasteiger partial charge on any atom is 0.248 e. The highest BCUT2D eigenvalue weighted by Gasteiger charge is 2.26. The number of rotatable bonds is 5. The van der Waals surface area contributed by atoms with Crippen molar-refractivity contribution in [3.63, 3.8) is 0 Å². The second kappa shape index (κ2) is 9.08. The van der Waals surface area contributed by atoms with Gasteiger partial charge in [-0.15, -0.1) is 0 Å². The van der Waals surface area contributed by atoms with Crippen LogP contribution < -0.4 is 5.73 Å². The number of piperidine rings is 1. The van der Waals surface area contributed by atoms with Gasteiger partial charge in [-0.2, -0.15) is 0 Å². The van der Waals surface area contributed by atoms with E-state index in [1.807, 2.05) is 29.2 Å². The van der Waals surface area contributed by atoms with Crippen LogP contribution in [0, 0.1) is 5.82 Å². The Morgan fingerprint density at radius 3 is 2.61 bits per heavy atom. The number of hydrogen-bond acceptors (Lipinski definition) is 3. The molecule has 0 bridgehead atoms. The van der Waals surface area contributed by atoms with Crippen molar-refractivity contribution in [1.82, 2.24) is 9.88 Å². The number of aromatic nitrogens is 1. The first kappa shape index (κ1) is 20.7. The van der Waals surface area contributed by atoms with Crippen molar-refractivity contribution < 1.29 is 14.0 Å². The first-order valence-corrected chi connectivity index (χ1v) is 10.4. The lowest BCUT2D eigenvalue weighted by molar-refractivity contribution is -0.131. The molecule has 1 atom stereocenters. The minimum atomic E-state index is -0.472. The van der Waals surface area contributed by atoms with Crippen molar-refractivity contribution in [2.75, 3.05) is 13.1 Å². The average Bonchev–Trinajstić information content (AvgIpc) is 2.81. The highest BCUT2D eigenvalue weighted by molar-refractivity contribution is 5.94. The molecule has 2 aromatic carbocycles. The topological polar surface area (TPSA) is 76.3 Å². The number of amides is 2. The predicted octanol–water partition coefficient (Wildman–Crippen LogP) is 3.94. The van der Waals surface area contributed by atoms with E-state index in [2.05, 4.69) is 0 Å². The molecule has 4 rings (SSSR count). The fourth-order valence-corrected chi connectivity index (χ4v) is 4.01. The van der Waals surface area contributed by atoms with Gasteiger partial charge in [0.05, 0.1) is 12.1 Å². The highest BCUT2D eigenvalue weighted by atomic mass is 19.1. The van der Waals surface area contributed by atoms with Gasteiger partial charge in [-0.25, -0.2) is 4.39 Å². The summed E-state index contributed by atoms with van der Waals surface area (Å²) in [4.78, 5) is 31.0. The molecule has 2 amide bonds. The monoisotopic (exact) mass is 417 g/mol. The van der Waals surface area contributed by atoms with Gasteiger partial charge in [-0.3, -0.25) is 14.6 Å². The highest BCUT2D eigenvalue weighted by Crippen LogP contribution is 2.28. The quantitative estimate of drug-likeness (QED) is 0.683. The van der Waals surface area contributed by atoms with Crippen molar-refractivity contribution in [1.29, 1.82) is 0 Å². The summed E-state index contributed by atoms with van der Waals surface area (Å²) in [6.45, 7) is 1.33. The van der Waals surface area contributed by atoms with Crippen LogP contribution in [0.4, 0.5) is 4.39 Å². The lowest BCUT2D eigenvalue weighted by atomic mass is 9.93. The molecule has 6 heteroatoms. The van der Waals surface area contributed by atoms with E-state index in [9.17, 15) is 14.0 Å². The maximum atomic E-state index is 13.1. The van der Waals surface area contributed by atoms with Crippen molar-refractivity contribution in [2.45, 2.75) is 25.2 Å². The number of pyridine rings is 1. The zero-order valence-electron chi connectivity index (χ0n) is 17.1. The van der Waals surface area contributed by atoms with Crippen molar-refractivity contribution in [3.05, 3.63) is 89.4 Å². The fraction of sp³-hybridized carbons (Fsp3) is 0.240. The first-order chi connectivity index (χ1) is 15.0. The molecular weight excluding hydrogens is 393 g/mol. The Balaban J connectivity index is 1.49. The number of nitrogens with zero attached hydrogens (tertiary/aromatic N) is 2. The molecule has 0 spiro atoms. The van der Waals surface area contributed by atoms with E-state index in [0.29, 0.717) is 12.1 Å². The van der Waals surface area contributed by atoms with Crippen LogP contribution in [0.15, 0.2) is 66.7 Å². The van der Waals surface area contributed by atoms with E-state index >= 15 is 0 Å². The number of halogens is 1. The normalized spacial score (nSPS) is 16.2. The molecule has 0 radical (unpaired) electrons. The summed E-state index contributed by atoms with van der Waals surface area (Å²) in [7, 11) is 0. The minimum Gasteiger partial charge on any atom is -0.366 e. The zero-order valence-corrected chi connectivity index (χ0v) is 17.1. The third kappa shape index (κ3) is 4.97. The molecule has 2 N–H and O–H groups in total. The van der Waals surface area contributed by atoms with Crippen LogP contribution in [0.3, 0.4) is 0 Å². The number of likely N-dealkylation sites (tertiary alicyclic amines) is 1. The van der Waals surface area contributed by atoms with E-state index in [1.165, 1.54) is 12.1 Å². The summed E-state index contributed by atoms with van der Waals surface area (Å²) in [5.41, 5.74) is 9.19. The predicted molar refractivity (Wildman–Crippen MR) is 117 cm³/mol. The Labute approximate surface area is 180 Å². The molecule has 1 fully saturated rings. The largest absolute Gasteiger partial charge is 0.366 e. The third-order valence-electron chi connectivity index (χ3n) is 5.67. The van der Waals surface area contributed by atoms with Crippen LogP contribution in [0.5, 0.6) is 0 Å². The van der Waals surface area contributed by atoms with Crippen molar-refractivity contribution in [2.24, 2.45) is 5.73 Å².